The lowest BCUT2D eigenvalue weighted by molar-refractivity contribution is -0.139. The second-order valence-electron chi connectivity index (χ2n) is 8.30. The van der Waals surface area contributed by atoms with Crippen molar-refractivity contribution in [1.29, 1.82) is 0 Å². The quantitative estimate of drug-likeness (QED) is 0.237. The maximum Gasteiger partial charge on any atom is 0.338 e. The molecular weight excluding hydrogens is 590 g/mol. The average Bonchev–Trinajstić information content (AvgIpc) is 3.47. The van der Waals surface area contributed by atoms with Crippen LogP contribution in [0.1, 0.15) is 31.2 Å². The van der Waals surface area contributed by atoms with E-state index in [1.54, 1.807) is 68.5 Å². The zero-order valence-corrected chi connectivity index (χ0v) is 23.8. The van der Waals surface area contributed by atoms with Crippen molar-refractivity contribution in [3.63, 3.8) is 0 Å². The van der Waals surface area contributed by atoms with Crippen molar-refractivity contribution in [2.75, 3.05) is 6.61 Å². The minimum Gasteiger partial charge on any atom is -0.463 e. The molecule has 0 saturated carbocycles. The molecule has 11 heteroatoms. The van der Waals surface area contributed by atoms with Crippen LogP contribution in [0, 0.1) is 0 Å². The fourth-order valence-electron chi connectivity index (χ4n) is 4.12. The lowest BCUT2D eigenvalue weighted by Crippen LogP contribution is -2.39. The van der Waals surface area contributed by atoms with Gasteiger partial charge in [-0.25, -0.2) is 9.79 Å². The number of carbonyl (C=O) groups is 1. The topological polar surface area (TPSA) is 73.8 Å². The SMILES string of the molecule is CCOC(=O)C1=C(C)N=c2s/c(=C\c3ccc(Cl)cc3Cl)c(=O)n2[C@@H]1c1ccc(-c2ccc(Cl)c(Cl)c2)o1. The van der Waals surface area contributed by atoms with Crippen molar-refractivity contribution in [3.05, 3.63) is 111 Å². The molecule has 0 amide bonds. The van der Waals surface area contributed by atoms with Crippen molar-refractivity contribution >= 4 is 69.8 Å². The van der Waals surface area contributed by atoms with E-state index in [-0.39, 0.29) is 17.7 Å². The van der Waals surface area contributed by atoms with Crippen LogP contribution in [0.25, 0.3) is 17.4 Å². The Balaban J connectivity index is 1.69. The Morgan fingerprint density at radius 2 is 1.87 bits per heavy atom. The number of carbonyl (C=O) groups excluding carboxylic acids is 1. The number of furan rings is 1. The zero-order chi connectivity index (χ0) is 27.1. The monoisotopic (exact) mass is 606 g/mol. The molecule has 1 atom stereocenters. The molecule has 1 aliphatic heterocycles. The van der Waals surface area contributed by atoms with Gasteiger partial charge in [-0.15, -0.1) is 0 Å². The van der Waals surface area contributed by atoms with Gasteiger partial charge < -0.3 is 9.15 Å². The molecule has 0 radical (unpaired) electrons. The summed E-state index contributed by atoms with van der Waals surface area (Å²) in [6.45, 7) is 3.58. The third-order valence-corrected chi connectivity index (χ3v) is 8.15. The molecule has 0 spiro atoms. The van der Waals surface area contributed by atoms with Crippen LogP contribution in [0.4, 0.5) is 0 Å². The van der Waals surface area contributed by atoms with E-state index in [2.05, 4.69) is 4.99 Å². The number of rotatable bonds is 5. The summed E-state index contributed by atoms with van der Waals surface area (Å²) in [4.78, 5) is 31.8. The van der Waals surface area contributed by atoms with Gasteiger partial charge in [-0.2, -0.15) is 0 Å². The maximum atomic E-state index is 13.7. The van der Waals surface area contributed by atoms with Crippen LogP contribution in [0.5, 0.6) is 0 Å². The predicted molar refractivity (Wildman–Crippen MR) is 151 cm³/mol. The van der Waals surface area contributed by atoms with Crippen LogP contribution in [0.3, 0.4) is 0 Å². The van der Waals surface area contributed by atoms with E-state index in [9.17, 15) is 9.59 Å². The number of fused-ring (bicyclic) bond motifs is 1. The van der Waals surface area contributed by atoms with Gasteiger partial charge in [0.05, 0.1) is 32.5 Å². The van der Waals surface area contributed by atoms with E-state index in [4.69, 9.17) is 55.6 Å². The van der Waals surface area contributed by atoms with Gasteiger partial charge in [0.25, 0.3) is 5.56 Å². The number of benzene rings is 2. The van der Waals surface area contributed by atoms with Crippen molar-refractivity contribution in [3.8, 4) is 11.3 Å². The van der Waals surface area contributed by atoms with E-state index in [1.165, 1.54) is 15.9 Å². The first kappa shape index (κ1) is 26.8. The van der Waals surface area contributed by atoms with E-state index in [0.29, 0.717) is 57.8 Å². The fourth-order valence-corrected chi connectivity index (χ4v) is 5.92. The Morgan fingerprint density at radius 3 is 2.58 bits per heavy atom. The molecule has 5 rings (SSSR count). The van der Waals surface area contributed by atoms with Crippen LogP contribution in [-0.2, 0) is 9.53 Å². The van der Waals surface area contributed by atoms with E-state index < -0.39 is 12.0 Å². The Morgan fingerprint density at radius 1 is 1.08 bits per heavy atom. The number of nitrogens with zero attached hydrogens (tertiary/aromatic N) is 2. The minimum absolute atomic E-state index is 0.161. The zero-order valence-electron chi connectivity index (χ0n) is 19.9. The molecule has 194 valence electrons. The van der Waals surface area contributed by atoms with Crippen molar-refractivity contribution in [2.24, 2.45) is 4.99 Å². The number of hydrogen-bond donors (Lipinski definition) is 0. The molecule has 0 aliphatic carbocycles. The van der Waals surface area contributed by atoms with Gasteiger partial charge in [-0.3, -0.25) is 9.36 Å². The van der Waals surface area contributed by atoms with Crippen LogP contribution >= 0.6 is 57.7 Å². The third-order valence-electron chi connectivity index (χ3n) is 5.87. The number of esters is 1. The highest BCUT2D eigenvalue weighted by Crippen LogP contribution is 2.35. The van der Waals surface area contributed by atoms with Gasteiger partial charge in [0.15, 0.2) is 4.80 Å². The second kappa shape index (κ2) is 10.8. The van der Waals surface area contributed by atoms with Crippen LogP contribution in [-0.4, -0.2) is 17.1 Å². The molecule has 0 fully saturated rings. The van der Waals surface area contributed by atoms with E-state index in [1.807, 2.05) is 0 Å². The van der Waals surface area contributed by atoms with Crippen molar-refractivity contribution < 1.29 is 13.9 Å². The lowest BCUT2D eigenvalue weighted by atomic mass is 10.0. The first-order valence-electron chi connectivity index (χ1n) is 11.4. The predicted octanol–water partition coefficient (Wildman–Crippen LogP) is 6.67. The molecular formula is C27H18Cl4N2O4S. The van der Waals surface area contributed by atoms with Crippen LogP contribution < -0.4 is 14.9 Å². The molecule has 4 aromatic rings. The van der Waals surface area contributed by atoms with Gasteiger partial charge in [0, 0.05) is 15.6 Å². The maximum absolute atomic E-state index is 13.7. The largest absolute Gasteiger partial charge is 0.463 e. The molecule has 38 heavy (non-hydrogen) atoms. The highest BCUT2D eigenvalue weighted by molar-refractivity contribution is 7.07. The second-order valence-corrected chi connectivity index (χ2v) is 11.0. The van der Waals surface area contributed by atoms with Crippen LogP contribution in [0.15, 0.2) is 74.0 Å². The molecule has 0 unspecified atom stereocenters. The third kappa shape index (κ3) is 4.97. The number of thiazole rings is 1. The van der Waals surface area contributed by atoms with Gasteiger partial charge in [-0.1, -0.05) is 63.8 Å². The first-order chi connectivity index (χ1) is 18.2. The van der Waals surface area contributed by atoms with Gasteiger partial charge in [0.1, 0.15) is 17.6 Å². The minimum atomic E-state index is -0.898. The molecule has 6 nitrogen and oxygen atoms in total. The van der Waals surface area contributed by atoms with E-state index >= 15 is 0 Å². The molecule has 0 saturated heterocycles. The Labute approximate surface area is 241 Å². The standard InChI is InChI=1S/C27H18Cl4N2O4S/c1-3-36-26(35)23-13(2)32-27-33(25(34)22(38-27)11-14-4-6-16(28)12-18(14)30)24(23)21-9-8-20(37-21)15-5-7-17(29)19(31)10-15/h4-12,24H,3H2,1-2H3/b22-11-/t24-/m1/s1. The van der Waals surface area contributed by atoms with Gasteiger partial charge in [-0.05, 0) is 68.0 Å². The van der Waals surface area contributed by atoms with Crippen LogP contribution in [0.2, 0.25) is 20.1 Å². The highest BCUT2D eigenvalue weighted by Gasteiger charge is 2.35. The first-order valence-corrected chi connectivity index (χ1v) is 13.7. The summed E-state index contributed by atoms with van der Waals surface area (Å²) in [5, 5.41) is 1.68. The average molecular weight is 608 g/mol. The number of allylic oxidation sites excluding steroid dienone is 1. The number of aromatic nitrogens is 1. The summed E-state index contributed by atoms with van der Waals surface area (Å²) in [6, 6.07) is 12.7. The Bertz CT molecular complexity index is 1800. The van der Waals surface area contributed by atoms with E-state index in [0.717, 1.165) is 0 Å². The molecule has 0 bridgehead atoms. The number of ether oxygens (including phenoxy) is 1. The molecule has 1 aliphatic rings. The Hall–Kier alpha value is -2.81. The Kier molecular flexibility index (Phi) is 7.58. The smallest absolute Gasteiger partial charge is 0.338 e. The molecule has 3 heterocycles. The molecule has 2 aromatic carbocycles. The normalized spacial score (nSPS) is 15.4. The highest BCUT2D eigenvalue weighted by atomic mass is 35.5. The van der Waals surface area contributed by atoms with Crippen molar-refractivity contribution in [2.45, 2.75) is 19.9 Å². The summed E-state index contributed by atoms with van der Waals surface area (Å²) in [5.41, 5.74) is 1.60. The summed E-state index contributed by atoms with van der Waals surface area (Å²) < 4.78 is 13.3. The van der Waals surface area contributed by atoms with Gasteiger partial charge >= 0.3 is 5.97 Å². The summed E-state index contributed by atoms with van der Waals surface area (Å²) in [6.07, 6.45) is 1.67. The lowest BCUT2D eigenvalue weighted by Gasteiger charge is -2.22. The summed E-state index contributed by atoms with van der Waals surface area (Å²) in [7, 11) is 0. The summed E-state index contributed by atoms with van der Waals surface area (Å²) >= 11 is 25.8. The number of halogens is 4. The number of hydrogen-bond acceptors (Lipinski definition) is 6. The molecule has 0 N–H and O–H groups in total. The summed E-state index contributed by atoms with van der Waals surface area (Å²) in [5.74, 6) is 0.272. The van der Waals surface area contributed by atoms with Crippen molar-refractivity contribution in [1.82, 2.24) is 4.57 Å². The molecule has 2 aromatic heterocycles. The van der Waals surface area contributed by atoms with Gasteiger partial charge in [0.2, 0.25) is 0 Å². The fraction of sp³-hybridized carbons (Fsp3) is 0.148.